The van der Waals surface area contributed by atoms with Crippen molar-refractivity contribution in [3.8, 4) is 5.75 Å². The lowest BCUT2D eigenvalue weighted by atomic mass is 10.2. The average Bonchev–Trinajstić information content (AvgIpc) is 2.67. The molecule has 0 spiro atoms. The van der Waals surface area contributed by atoms with Crippen LogP contribution < -0.4 is 15.0 Å². The fourth-order valence-corrected chi connectivity index (χ4v) is 2.67. The van der Waals surface area contributed by atoms with E-state index in [0.717, 1.165) is 17.0 Å². The smallest absolute Gasteiger partial charge is 0.318 e. The van der Waals surface area contributed by atoms with Crippen LogP contribution in [0, 0.1) is 0 Å². The summed E-state index contributed by atoms with van der Waals surface area (Å²) in [4.78, 5) is 31.8. The second kappa shape index (κ2) is 7.65. The van der Waals surface area contributed by atoms with Gasteiger partial charge in [0.05, 0.1) is 19.0 Å². The van der Waals surface area contributed by atoms with Crippen LogP contribution in [0.2, 0.25) is 0 Å². The van der Waals surface area contributed by atoms with Gasteiger partial charge in [-0.15, -0.1) is 0 Å². The van der Waals surface area contributed by atoms with Crippen molar-refractivity contribution in [3.05, 3.63) is 54.4 Å². The third-order valence-corrected chi connectivity index (χ3v) is 4.07. The van der Waals surface area contributed by atoms with Gasteiger partial charge in [-0.1, -0.05) is 12.1 Å². The molecule has 0 atom stereocenters. The molecular formula is C18H20N4O3. The third kappa shape index (κ3) is 4.06. The third-order valence-electron chi connectivity index (χ3n) is 4.07. The summed E-state index contributed by atoms with van der Waals surface area (Å²) in [7, 11) is 1.61. The summed E-state index contributed by atoms with van der Waals surface area (Å²) in [5.41, 5.74) is 1.72. The number of carbonyl (C=O) groups excluding carboxylic acids is 2. The molecule has 1 fully saturated rings. The second-order valence-corrected chi connectivity index (χ2v) is 5.68. The fourth-order valence-electron chi connectivity index (χ4n) is 2.67. The van der Waals surface area contributed by atoms with Gasteiger partial charge in [-0.25, -0.2) is 4.79 Å². The average molecular weight is 340 g/mol. The van der Waals surface area contributed by atoms with Gasteiger partial charge in [0.1, 0.15) is 12.3 Å². The van der Waals surface area contributed by atoms with Crippen molar-refractivity contribution in [2.24, 2.45) is 0 Å². The van der Waals surface area contributed by atoms with Crippen molar-refractivity contribution in [1.82, 2.24) is 15.2 Å². The minimum Gasteiger partial charge on any atom is -0.497 e. The quantitative estimate of drug-likeness (QED) is 0.918. The van der Waals surface area contributed by atoms with Crippen LogP contribution in [-0.2, 0) is 11.3 Å². The lowest BCUT2D eigenvalue weighted by Gasteiger charge is -2.34. The van der Waals surface area contributed by atoms with Gasteiger partial charge >= 0.3 is 6.03 Å². The standard InChI is InChI=1S/C18H20N4O3/c1-25-16-6-4-14(5-7-16)11-20-18(24)21-9-10-22(17(23)13-21)15-3-2-8-19-12-15/h2-8,12H,9-11,13H2,1H3,(H,20,24). The molecule has 0 radical (unpaired) electrons. The Kier molecular flexibility index (Phi) is 5.13. The number of carbonyl (C=O) groups is 2. The molecule has 2 heterocycles. The van der Waals surface area contributed by atoms with Crippen LogP contribution in [0.4, 0.5) is 10.5 Å². The predicted molar refractivity (Wildman–Crippen MR) is 93.4 cm³/mol. The van der Waals surface area contributed by atoms with Gasteiger partial charge in [0.25, 0.3) is 0 Å². The number of nitrogens with one attached hydrogen (secondary N) is 1. The fraction of sp³-hybridized carbons (Fsp3) is 0.278. The van der Waals surface area contributed by atoms with Crippen molar-refractivity contribution in [3.63, 3.8) is 0 Å². The minimum atomic E-state index is -0.241. The molecule has 3 rings (SSSR count). The molecule has 0 unspecified atom stereocenters. The van der Waals surface area contributed by atoms with Crippen LogP contribution in [0.1, 0.15) is 5.56 Å². The number of nitrogens with zero attached hydrogens (tertiary/aromatic N) is 3. The van der Waals surface area contributed by atoms with Gasteiger partial charge in [-0.2, -0.15) is 0 Å². The van der Waals surface area contributed by atoms with E-state index < -0.39 is 0 Å². The Morgan fingerprint density at radius 3 is 2.68 bits per heavy atom. The molecule has 130 valence electrons. The Morgan fingerprint density at radius 2 is 2.04 bits per heavy atom. The molecule has 1 saturated heterocycles. The van der Waals surface area contributed by atoms with Crippen molar-refractivity contribution in [2.75, 3.05) is 31.6 Å². The molecule has 0 saturated carbocycles. The maximum absolute atomic E-state index is 12.3. The lowest BCUT2D eigenvalue weighted by molar-refractivity contribution is -0.120. The Balaban J connectivity index is 1.53. The highest BCUT2D eigenvalue weighted by molar-refractivity contribution is 5.97. The summed E-state index contributed by atoms with van der Waals surface area (Å²) in [5, 5.41) is 2.84. The first kappa shape index (κ1) is 16.8. The number of hydrogen-bond donors (Lipinski definition) is 1. The van der Waals surface area contributed by atoms with Crippen molar-refractivity contribution >= 4 is 17.6 Å². The molecule has 1 aromatic heterocycles. The molecule has 7 nitrogen and oxygen atoms in total. The molecule has 25 heavy (non-hydrogen) atoms. The van der Waals surface area contributed by atoms with Gasteiger partial charge in [0.15, 0.2) is 0 Å². The molecule has 0 aliphatic carbocycles. The summed E-state index contributed by atoms with van der Waals surface area (Å²) in [6.07, 6.45) is 3.31. The highest BCUT2D eigenvalue weighted by Gasteiger charge is 2.27. The van der Waals surface area contributed by atoms with Crippen molar-refractivity contribution in [1.29, 1.82) is 0 Å². The number of amides is 3. The van der Waals surface area contributed by atoms with Crippen LogP contribution in [-0.4, -0.2) is 48.6 Å². The lowest BCUT2D eigenvalue weighted by Crippen LogP contribution is -2.54. The Labute approximate surface area is 146 Å². The van der Waals surface area contributed by atoms with Crippen LogP contribution in [0.5, 0.6) is 5.75 Å². The number of pyridine rings is 1. The van der Waals surface area contributed by atoms with Crippen LogP contribution >= 0.6 is 0 Å². The zero-order valence-corrected chi connectivity index (χ0v) is 14.0. The highest BCUT2D eigenvalue weighted by Crippen LogP contribution is 2.16. The number of methoxy groups -OCH3 is 1. The van der Waals surface area contributed by atoms with E-state index >= 15 is 0 Å². The van der Waals surface area contributed by atoms with Gasteiger partial charge in [0, 0.05) is 25.8 Å². The van der Waals surface area contributed by atoms with E-state index in [4.69, 9.17) is 4.74 Å². The topological polar surface area (TPSA) is 74.8 Å². The van der Waals surface area contributed by atoms with E-state index in [0.29, 0.717) is 19.6 Å². The first-order valence-corrected chi connectivity index (χ1v) is 8.03. The number of urea groups is 1. The molecule has 1 aromatic carbocycles. The highest BCUT2D eigenvalue weighted by atomic mass is 16.5. The Morgan fingerprint density at radius 1 is 1.24 bits per heavy atom. The first-order valence-electron chi connectivity index (χ1n) is 8.03. The van der Waals surface area contributed by atoms with E-state index in [1.54, 1.807) is 30.5 Å². The van der Waals surface area contributed by atoms with Crippen LogP contribution in [0.25, 0.3) is 0 Å². The molecule has 1 aliphatic heterocycles. The van der Waals surface area contributed by atoms with Gasteiger partial charge in [0.2, 0.25) is 5.91 Å². The zero-order valence-electron chi connectivity index (χ0n) is 14.0. The first-order chi connectivity index (χ1) is 12.2. The number of benzene rings is 1. The van der Waals surface area contributed by atoms with E-state index in [1.165, 1.54) is 4.90 Å². The van der Waals surface area contributed by atoms with E-state index in [9.17, 15) is 9.59 Å². The summed E-state index contributed by atoms with van der Waals surface area (Å²) in [6, 6.07) is 10.9. The summed E-state index contributed by atoms with van der Waals surface area (Å²) in [6.45, 7) is 1.40. The van der Waals surface area contributed by atoms with E-state index in [-0.39, 0.29) is 18.5 Å². The normalized spacial score (nSPS) is 14.4. The largest absolute Gasteiger partial charge is 0.497 e. The number of piperazine rings is 1. The molecule has 1 N–H and O–H groups in total. The minimum absolute atomic E-state index is 0.0589. The van der Waals surface area contributed by atoms with E-state index in [2.05, 4.69) is 10.3 Å². The molecule has 1 aliphatic rings. The number of anilines is 1. The maximum atomic E-state index is 12.3. The number of rotatable bonds is 4. The maximum Gasteiger partial charge on any atom is 0.318 e. The SMILES string of the molecule is COc1ccc(CNC(=O)N2CCN(c3cccnc3)C(=O)C2)cc1. The van der Waals surface area contributed by atoms with Crippen molar-refractivity contribution in [2.45, 2.75) is 6.54 Å². The van der Waals surface area contributed by atoms with Gasteiger partial charge in [-0.05, 0) is 29.8 Å². The van der Waals surface area contributed by atoms with Crippen molar-refractivity contribution < 1.29 is 14.3 Å². The monoisotopic (exact) mass is 340 g/mol. The summed E-state index contributed by atoms with van der Waals surface area (Å²) in [5.74, 6) is 0.658. The molecule has 0 bridgehead atoms. The van der Waals surface area contributed by atoms with Crippen LogP contribution in [0.15, 0.2) is 48.8 Å². The zero-order chi connectivity index (χ0) is 17.6. The van der Waals surface area contributed by atoms with Crippen LogP contribution in [0.3, 0.4) is 0 Å². The molecule has 7 heteroatoms. The number of hydrogen-bond acceptors (Lipinski definition) is 4. The predicted octanol–water partition coefficient (Wildman–Crippen LogP) is 1.65. The second-order valence-electron chi connectivity index (χ2n) is 5.68. The summed E-state index contributed by atoms with van der Waals surface area (Å²) < 4.78 is 5.11. The van der Waals surface area contributed by atoms with E-state index in [1.807, 2.05) is 30.3 Å². The molecular weight excluding hydrogens is 320 g/mol. The van der Waals surface area contributed by atoms with Gasteiger partial charge < -0.3 is 19.9 Å². The summed E-state index contributed by atoms with van der Waals surface area (Å²) >= 11 is 0. The molecule has 2 aromatic rings. The van der Waals surface area contributed by atoms with Gasteiger partial charge in [-0.3, -0.25) is 9.78 Å². The number of aromatic nitrogens is 1. The Bertz CT molecular complexity index is 734. The molecule has 3 amide bonds. The number of ether oxygens (including phenoxy) is 1. The Hall–Kier alpha value is -3.09.